The van der Waals surface area contributed by atoms with E-state index in [4.69, 9.17) is 4.74 Å². The number of nitroso groups, excluding NO2 is 1. The number of para-hydroxylation sites is 1. The maximum absolute atomic E-state index is 13.9. The lowest BCUT2D eigenvalue weighted by atomic mass is 9.81. The molecule has 1 aliphatic carbocycles. The van der Waals surface area contributed by atoms with Gasteiger partial charge in [0, 0.05) is 48.2 Å². The quantitative estimate of drug-likeness (QED) is 0.145. The molecule has 0 bridgehead atoms. The smallest absolute Gasteiger partial charge is 0.425 e. The first-order valence-corrected chi connectivity index (χ1v) is 19.1. The van der Waals surface area contributed by atoms with Crippen LogP contribution in [0.3, 0.4) is 0 Å². The Morgan fingerprint density at radius 3 is 2.27 bits per heavy atom. The number of pyridine rings is 1. The number of aromatic nitrogens is 1. The maximum Gasteiger partial charge on any atom is 0.425 e. The summed E-state index contributed by atoms with van der Waals surface area (Å²) in [5.41, 5.74) is -2.97. The van der Waals surface area contributed by atoms with Crippen LogP contribution in [0.15, 0.2) is 59.2 Å². The largest absolute Gasteiger partial charge is 0.493 e. The number of aliphatic hydroxyl groups is 1. The molecule has 3 aromatic rings. The van der Waals surface area contributed by atoms with Crippen molar-refractivity contribution in [1.29, 1.82) is 0 Å². The Hall–Kier alpha value is -4.58. The molecule has 18 heteroatoms. The Morgan fingerprint density at radius 2 is 1.70 bits per heavy atom. The third-order valence-electron chi connectivity index (χ3n) is 10.5. The Morgan fingerprint density at radius 1 is 1.00 bits per heavy atom. The zero-order valence-corrected chi connectivity index (χ0v) is 31.3. The molecule has 3 fully saturated rings. The van der Waals surface area contributed by atoms with Crippen molar-refractivity contribution < 1.29 is 55.7 Å². The minimum atomic E-state index is -4.74. The number of rotatable bonds is 11. The number of aliphatic carboxylic acids is 1. The van der Waals surface area contributed by atoms with Crippen molar-refractivity contribution in [3.63, 3.8) is 0 Å². The van der Waals surface area contributed by atoms with E-state index in [2.05, 4.69) is 10.2 Å². The second-order valence-corrected chi connectivity index (χ2v) is 15.4. The van der Waals surface area contributed by atoms with Crippen LogP contribution >= 0.6 is 11.3 Å². The van der Waals surface area contributed by atoms with Gasteiger partial charge in [-0.05, 0) is 74.4 Å². The van der Waals surface area contributed by atoms with Crippen molar-refractivity contribution >= 4 is 34.8 Å². The third-order valence-corrected chi connectivity index (χ3v) is 11.5. The average molecular weight is 813 g/mol. The fourth-order valence-electron chi connectivity index (χ4n) is 7.39. The summed E-state index contributed by atoms with van der Waals surface area (Å²) in [5.74, 6) is -1.94. The van der Waals surface area contributed by atoms with Crippen LogP contribution in [0, 0.1) is 16.2 Å². The van der Waals surface area contributed by atoms with Gasteiger partial charge in [0.05, 0.1) is 30.1 Å². The molecule has 2 amide bonds. The molecule has 3 aliphatic rings. The first-order valence-electron chi connectivity index (χ1n) is 18.2. The molecule has 2 unspecified atom stereocenters. The van der Waals surface area contributed by atoms with Crippen molar-refractivity contribution in [3.8, 4) is 5.75 Å². The SMILES string of the molecule is CCCC1C(C(=O)N2CCC(O)(c3ccccc3OCC3(CC(=O)O)CC3)CC2)CCCN1C(=O)c1ncccc1C(F)(F)F.O=Nc1csc(C(F)(F)F)c1. The molecule has 6 rings (SSSR count). The summed E-state index contributed by atoms with van der Waals surface area (Å²) in [5, 5.41) is 24.4. The minimum Gasteiger partial charge on any atom is -0.493 e. The number of carbonyl (C=O) groups excluding carboxylic acids is 2. The molecule has 1 aromatic carbocycles. The highest BCUT2D eigenvalue weighted by Gasteiger charge is 2.47. The van der Waals surface area contributed by atoms with Gasteiger partial charge in [-0.2, -0.15) is 26.3 Å². The summed E-state index contributed by atoms with van der Waals surface area (Å²) in [6.07, 6.45) is -3.78. The van der Waals surface area contributed by atoms with Crippen LogP contribution < -0.4 is 4.74 Å². The number of ether oxygens (including phenoxy) is 1. The Kier molecular flexibility index (Phi) is 13.1. The van der Waals surface area contributed by atoms with Crippen LogP contribution in [0.5, 0.6) is 5.75 Å². The molecule has 2 atom stereocenters. The third kappa shape index (κ3) is 10.0. The van der Waals surface area contributed by atoms with Gasteiger partial charge < -0.3 is 24.7 Å². The lowest BCUT2D eigenvalue weighted by Crippen LogP contribution is -2.55. The number of thiophene rings is 1. The summed E-state index contributed by atoms with van der Waals surface area (Å²) in [7, 11) is 0. The van der Waals surface area contributed by atoms with Gasteiger partial charge in [0.15, 0.2) is 0 Å². The van der Waals surface area contributed by atoms with E-state index in [1.54, 1.807) is 29.2 Å². The van der Waals surface area contributed by atoms with Gasteiger partial charge in [-0.25, -0.2) is 0 Å². The number of nitrogens with zero attached hydrogens (tertiary/aromatic N) is 4. The fourth-order valence-corrected chi connectivity index (χ4v) is 8.07. The first-order chi connectivity index (χ1) is 26.4. The fraction of sp³-hybridized carbons (Fsp3) is 0.526. The second kappa shape index (κ2) is 17.3. The molecule has 2 N–H and O–H groups in total. The number of carboxylic acids is 1. The highest BCUT2D eigenvalue weighted by Crippen LogP contribution is 2.50. The van der Waals surface area contributed by atoms with Gasteiger partial charge in [0.1, 0.15) is 22.0 Å². The van der Waals surface area contributed by atoms with Gasteiger partial charge in [0.25, 0.3) is 5.91 Å². The normalized spacial score (nSPS) is 20.4. The lowest BCUT2D eigenvalue weighted by Gasteiger charge is -2.45. The van der Waals surface area contributed by atoms with E-state index in [1.165, 1.54) is 11.1 Å². The van der Waals surface area contributed by atoms with Crippen LogP contribution in [-0.4, -0.2) is 75.1 Å². The van der Waals surface area contributed by atoms with Crippen molar-refractivity contribution in [2.24, 2.45) is 16.5 Å². The van der Waals surface area contributed by atoms with Crippen LogP contribution in [0.4, 0.5) is 32.0 Å². The molecular weight excluding hydrogens is 770 g/mol. The Balaban J connectivity index is 0.000000470. The first kappa shape index (κ1) is 42.6. The highest BCUT2D eigenvalue weighted by atomic mass is 32.1. The van der Waals surface area contributed by atoms with E-state index < -0.39 is 57.9 Å². The molecule has 56 heavy (non-hydrogen) atoms. The highest BCUT2D eigenvalue weighted by molar-refractivity contribution is 7.10. The molecular formula is C38H42F6N4O7S. The van der Waals surface area contributed by atoms with Crippen LogP contribution in [0.25, 0.3) is 0 Å². The lowest BCUT2D eigenvalue weighted by molar-refractivity contribution is -0.144. The van der Waals surface area contributed by atoms with Crippen LogP contribution in [-0.2, 0) is 27.5 Å². The molecule has 0 spiro atoms. The number of benzene rings is 1. The standard InChI is InChI=1S/C33H40F3N3O6.C5H2F3NOS/c1-2-7-25-22(8-6-17-39(25)30(43)28-24(33(34,35)36)10-5-16-37-28)29(42)38-18-14-32(44,15-19-38)23-9-3-4-11-26(23)45-21-31(12-13-31)20-27(40)41;6-5(7,8)4-1-3(9-10)2-11-4/h3-5,9-11,16,22,25,44H,2,6-8,12-15,17-21H2,1H3,(H,40,41);1-2H. The number of carbonyl (C=O) groups is 3. The number of amides is 2. The van der Waals surface area contributed by atoms with E-state index in [0.29, 0.717) is 48.3 Å². The van der Waals surface area contributed by atoms with E-state index in [1.807, 2.05) is 6.92 Å². The summed E-state index contributed by atoms with van der Waals surface area (Å²) in [6, 6.07) is 9.30. The zero-order valence-electron chi connectivity index (χ0n) is 30.4. The summed E-state index contributed by atoms with van der Waals surface area (Å²) in [6.45, 7) is 2.91. The van der Waals surface area contributed by atoms with Crippen molar-refractivity contribution in [2.45, 2.75) is 88.7 Å². The van der Waals surface area contributed by atoms with Crippen LogP contribution in [0.1, 0.15) is 91.2 Å². The van der Waals surface area contributed by atoms with Gasteiger partial charge in [-0.3, -0.25) is 19.4 Å². The molecule has 4 heterocycles. The van der Waals surface area contributed by atoms with Crippen molar-refractivity contribution in [2.75, 3.05) is 26.2 Å². The maximum atomic E-state index is 13.9. The molecule has 11 nitrogen and oxygen atoms in total. The Labute approximate surface area is 322 Å². The van der Waals surface area contributed by atoms with E-state index in [0.717, 1.165) is 36.4 Å². The second-order valence-electron chi connectivity index (χ2n) is 14.5. The molecule has 2 aliphatic heterocycles. The number of carboxylic acid groups (broad SMARTS) is 1. The molecule has 0 radical (unpaired) electrons. The van der Waals surface area contributed by atoms with E-state index >= 15 is 0 Å². The van der Waals surface area contributed by atoms with Gasteiger partial charge in [-0.15, -0.1) is 16.2 Å². The summed E-state index contributed by atoms with van der Waals surface area (Å²) >= 11 is 0.462. The van der Waals surface area contributed by atoms with E-state index in [-0.39, 0.29) is 62.5 Å². The summed E-state index contributed by atoms with van der Waals surface area (Å²) in [4.78, 5) is 54.5. The number of likely N-dealkylation sites (tertiary alicyclic amines) is 2. The van der Waals surface area contributed by atoms with Crippen LogP contribution in [0.2, 0.25) is 0 Å². The summed E-state index contributed by atoms with van der Waals surface area (Å²) < 4.78 is 82.6. The number of halogens is 6. The molecule has 2 aromatic heterocycles. The number of alkyl halides is 6. The van der Waals surface area contributed by atoms with Gasteiger partial charge in [-0.1, -0.05) is 31.5 Å². The number of hydrogen-bond donors (Lipinski definition) is 2. The molecule has 1 saturated carbocycles. The number of piperidine rings is 2. The predicted molar refractivity (Wildman–Crippen MR) is 192 cm³/mol. The minimum absolute atomic E-state index is 0.0328. The average Bonchev–Trinajstić information content (AvgIpc) is 3.72. The monoisotopic (exact) mass is 812 g/mol. The van der Waals surface area contributed by atoms with Crippen molar-refractivity contribution in [3.05, 3.63) is 80.6 Å². The molecule has 304 valence electrons. The van der Waals surface area contributed by atoms with E-state index in [9.17, 15) is 55.8 Å². The Bertz CT molecular complexity index is 1870. The predicted octanol–water partition coefficient (Wildman–Crippen LogP) is 8.43. The zero-order chi connectivity index (χ0) is 40.9. The molecule has 2 saturated heterocycles. The topological polar surface area (TPSA) is 150 Å². The van der Waals surface area contributed by atoms with Gasteiger partial charge >= 0.3 is 18.3 Å². The number of hydrogen-bond acceptors (Lipinski definition) is 9. The van der Waals surface area contributed by atoms with Gasteiger partial charge in [0.2, 0.25) is 5.91 Å². The van der Waals surface area contributed by atoms with Crippen molar-refractivity contribution in [1.82, 2.24) is 14.8 Å².